The minimum Gasteiger partial charge on any atom is -0.508 e. The van der Waals surface area contributed by atoms with Crippen LogP contribution in [0, 0.1) is 0 Å². The lowest BCUT2D eigenvalue weighted by Gasteiger charge is -2.14. The highest BCUT2D eigenvalue weighted by molar-refractivity contribution is 5.87. The van der Waals surface area contributed by atoms with E-state index in [-0.39, 0.29) is 31.2 Å². The summed E-state index contributed by atoms with van der Waals surface area (Å²) in [5.41, 5.74) is 5.27. The first kappa shape index (κ1) is 25.0. The van der Waals surface area contributed by atoms with Crippen LogP contribution in [0.3, 0.4) is 0 Å². The number of aliphatic hydroxyl groups is 1. The summed E-state index contributed by atoms with van der Waals surface area (Å²) in [4.78, 5) is 11.5. The number of carbonyl (C=O) groups excluding carboxylic acids is 1. The number of rotatable bonds is 12. The van der Waals surface area contributed by atoms with Gasteiger partial charge in [-0.05, 0) is 71.3 Å². The van der Waals surface area contributed by atoms with Crippen LogP contribution in [0.4, 0.5) is 4.39 Å². The molecular weight excluding hydrogens is 435 g/mol. The Kier molecular flexibility index (Phi) is 9.23. The van der Waals surface area contributed by atoms with E-state index in [0.717, 1.165) is 40.7 Å². The molecule has 6 heteroatoms. The summed E-state index contributed by atoms with van der Waals surface area (Å²) >= 11 is 0. The Labute approximate surface area is 199 Å². The second-order valence-electron chi connectivity index (χ2n) is 7.84. The number of halogens is 1. The van der Waals surface area contributed by atoms with Crippen molar-refractivity contribution in [3.05, 3.63) is 84.4 Å². The Balaban J connectivity index is 1.71. The zero-order valence-corrected chi connectivity index (χ0v) is 19.0. The predicted octanol–water partition coefficient (Wildman–Crippen LogP) is 5.49. The lowest BCUT2D eigenvalue weighted by molar-refractivity contribution is -0.140. The van der Waals surface area contributed by atoms with Crippen molar-refractivity contribution in [3.63, 3.8) is 0 Å². The van der Waals surface area contributed by atoms with Crippen LogP contribution in [-0.2, 0) is 16.0 Å². The van der Waals surface area contributed by atoms with Crippen molar-refractivity contribution in [1.82, 2.24) is 0 Å². The zero-order valence-electron chi connectivity index (χ0n) is 19.0. The number of unbranched alkanes of at least 4 members (excludes halogenated alkanes) is 1. The SMILES string of the molecule is C=C(CO)C(=O)OCCOc1ccc(-c2ccc(-c3ccc(O)cc3)cc2CCCCF)cc1. The molecule has 0 unspecified atom stereocenters. The number of phenols is 1. The molecule has 0 aliphatic carbocycles. The van der Waals surface area contributed by atoms with Gasteiger partial charge in [-0.15, -0.1) is 0 Å². The molecular formula is C28H29FO5. The van der Waals surface area contributed by atoms with Gasteiger partial charge < -0.3 is 19.7 Å². The molecule has 0 atom stereocenters. The monoisotopic (exact) mass is 464 g/mol. The summed E-state index contributed by atoms with van der Waals surface area (Å²) in [5.74, 6) is 0.220. The summed E-state index contributed by atoms with van der Waals surface area (Å²) in [6, 6.07) is 20.9. The fraction of sp³-hybridized carbons (Fsp3) is 0.250. The third-order valence-corrected chi connectivity index (χ3v) is 5.37. The molecule has 0 saturated carbocycles. The highest BCUT2D eigenvalue weighted by Crippen LogP contribution is 2.31. The van der Waals surface area contributed by atoms with Crippen molar-refractivity contribution < 1.29 is 28.9 Å². The van der Waals surface area contributed by atoms with Gasteiger partial charge in [-0.2, -0.15) is 0 Å². The fourth-order valence-electron chi connectivity index (χ4n) is 3.52. The number of hydrogen-bond acceptors (Lipinski definition) is 5. The highest BCUT2D eigenvalue weighted by atomic mass is 19.1. The van der Waals surface area contributed by atoms with E-state index in [4.69, 9.17) is 14.6 Å². The van der Waals surface area contributed by atoms with Crippen molar-refractivity contribution in [3.8, 4) is 33.8 Å². The predicted molar refractivity (Wildman–Crippen MR) is 131 cm³/mol. The standard InChI is InChI=1S/C28H29FO5/c1-20(19-30)28(32)34-17-16-33-26-12-7-22(8-13-26)27-14-9-23(18-24(27)4-2-3-15-29)21-5-10-25(31)11-6-21/h5-14,18,30-31H,1-4,15-17,19H2. The number of aliphatic hydroxyl groups excluding tert-OH is 1. The molecule has 2 N–H and O–H groups in total. The van der Waals surface area contributed by atoms with E-state index in [1.165, 1.54) is 0 Å². The summed E-state index contributed by atoms with van der Waals surface area (Å²) in [6.07, 6.45) is 2.03. The number of hydrogen-bond donors (Lipinski definition) is 2. The molecule has 0 heterocycles. The Morgan fingerprint density at radius 1 is 0.882 bits per heavy atom. The normalized spacial score (nSPS) is 10.6. The Morgan fingerprint density at radius 3 is 2.24 bits per heavy atom. The molecule has 0 aliphatic heterocycles. The Hall–Kier alpha value is -3.64. The van der Waals surface area contributed by atoms with Crippen molar-refractivity contribution in [2.75, 3.05) is 26.5 Å². The first-order valence-electron chi connectivity index (χ1n) is 11.2. The molecule has 0 aromatic heterocycles. The molecule has 0 saturated heterocycles. The number of aryl methyl sites for hydroxylation is 1. The van der Waals surface area contributed by atoms with E-state index in [2.05, 4.69) is 18.7 Å². The van der Waals surface area contributed by atoms with Crippen molar-refractivity contribution in [1.29, 1.82) is 0 Å². The third kappa shape index (κ3) is 6.93. The van der Waals surface area contributed by atoms with E-state index in [1.807, 2.05) is 42.5 Å². The molecule has 0 radical (unpaired) electrons. The maximum absolute atomic E-state index is 12.7. The summed E-state index contributed by atoms with van der Waals surface area (Å²) in [6.45, 7) is 2.88. The Bertz CT molecular complexity index is 1090. The van der Waals surface area contributed by atoms with Gasteiger partial charge in [-0.3, -0.25) is 4.39 Å². The van der Waals surface area contributed by atoms with Gasteiger partial charge in [-0.1, -0.05) is 49.0 Å². The largest absolute Gasteiger partial charge is 0.508 e. The molecule has 3 aromatic rings. The number of alkyl halides is 1. The number of aromatic hydroxyl groups is 1. The molecule has 0 bridgehead atoms. The molecule has 0 amide bonds. The zero-order chi connectivity index (χ0) is 24.3. The van der Waals surface area contributed by atoms with Gasteiger partial charge in [0.1, 0.15) is 24.7 Å². The molecule has 5 nitrogen and oxygen atoms in total. The van der Waals surface area contributed by atoms with Crippen LogP contribution in [0.25, 0.3) is 22.3 Å². The maximum atomic E-state index is 12.7. The second kappa shape index (κ2) is 12.6. The first-order chi connectivity index (χ1) is 16.5. The topological polar surface area (TPSA) is 76.0 Å². The summed E-state index contributed by atoms with van der Waals surface area (Å²) in [5, 5.41) is 18.4. The van der Waals surface area contributed by atoms with Crippen molar-refractivity contribution in [2.45, 2.75) is 19.3 Å². The molecule has 0 spiro atoms. The highest BCUT2D eigenvalue weighted by Gasteiger charge is 2.10. The van der Waals surface area contributed by atoms with Crippen LogP contribution in [0.1, 0.15) is 18.4 Å². The smallest absolute Gasteiger partial charge is 0.335 e. The van der Waals surface area contributed by atoms with Gasteiger partial charge in [0.2, 0.25) is 0 Å². The number of benzene rings is 3. The fourth-order valence-corrected chi connectivity index (χ4v) is 3.52. The lowest BCUT2D eigenvalue weighted by Crippen LogP contribution is -2.14. The number of carbonyl (C=O) groups is 1. The van der Waals surface area contributed by atoms with Crippen molar-refractivity contribution >= 4 is 5.97 Å². The van der Waals surface area contributed by atoms with Crippen LogP contribution in [0.15, 0.2) is 78.9 Å². The summed E-state index contributed by atoms with van der Waals surface area (Å²) in [7, 11) is 0. The maximum Gasteiger partial charge on any atom is 0.335 e. The van der Waals surface area contributed by atoms with Gasteiger partial charge in [0.15, 0.2) is 0 Å². The van der Waals surface area contributed by atoms with E-state index in [9.17, 15) is 14.3 Å². The van der Waals surface area contributed by atoms with Crippen molar-refractivity contribution in [2.24, 2.45) is 0 Å². The quantitative estimate of drug-likeness (QED) is 0.211. The molecule has 0 aliphatic rings. The van der Waals surface area contributed by atoms with E-state index >= 15 is 0 Å². The molecule has 0 fully saturated rings. The van der Waals surface area contributed by atoms with Gasteiger partial charge in [-0.25, -0.2) is 4.79 Å². The van der Waals surface area contributed by atoms with Crippen LogP contribution in [0.5, 0.6) is 11.5 Å². The first-order valence-corrected chi connectivity index (χ1v) is 11.2. The average molecular weight is 465 g/mol. The number of esters is 1. The molecule has 3 aromatic carbocycles. The van der Waals surface area contributed by atoms with Gasteiger partial charge in [0.25, 0.3) is 0 Å². The van der Waals surface area contributed by atoms with Crippen LogP contribution < -0.4 is 4.74 Å². The Morgan fingerprint density at radius 2 is 1.56 bits per heavy atom. The second-order valence-corrected chi connectivity index (χ2v) is 7.84. The summed E-state index contributed by atoms with van der Waals surface area (Å²) < 4.78 is 23.3. The minimum atomic E-state index is -0.641. The number of phenolic OH excluding ortho intramolecular Hbond substituents is 1. The molecule has 3 rings (SSSR count). The van der Waals surface area contributed by atoms with E-state index < -0.39 is 12.6 Å². The van der Waals surface area contributed by atoms with Crippen LogP contribution in [-0.4, -0.2) is 42.7 Å². The van der Waals surface area contributed by atoms with Crippen LogP contribution in [0.2, 0.25) is 0 Å². The molecule has 178 valence electrons. The van der Waals surface area contributed by atoms with Crippen LogP contribution >= 0.6 is 0 Å². The lowest BCUT2D eigenvalue weighted by atomic mass is 9.92. The number of ether oxygens (including phenoxy) is 2. The molecule has 34 heavy (non-hydrogen) atoms. The average Bonchev–Trinajstić information content (AvgIpc) is 2.87. The third-order valence-electron chi connectivity index (χ3n) is 5.37. The van der Waals surface area contributed by atoms with Gasteiger partial charge in [0, 0.05) is 0 Å². The minimum absolute atomic E-state index is 0.00287. The van der Waals surface area contributed by atoms with E-state index in [0.29, 0.717) is 12.2 Å². The van der Waals surface area contributed by atoms with E-state index in [1.54, 1.807) is 12.1 Å². The van der Waals surface area contributed by atoms with Gasteiger partial charge >= 0.3 is 5.97 Å². The van der Waals surface area contributed by atoms with Gasteiger partial charge in [0.05, 0.1) is 18.9 Å².